The molecule has 2 aliphatic rings. The topological polar surface area (TPSA) is 50.8 Å². The molecule has 1 aliphatic heterocycles. The third-order valence-corrected chi connectivity index (χ3v) is 11.1. The van der Waals surface area contributed by atoms with Crippen molar-refractivity contribution < 1.29 is 18.7 Å². The highest BCUT2D eigenvalue weighted by Gasteiger charge is 2.42. The lowest BCUT2D eigenvalue weighted by molar-refractivity contribution is -0.120. The highest BCUT2D eigenvalue weighted by molar-refractivity contribution is 5.78. The molecule has 0 radical (unpaired) electrons. The van der Waals surface area contributed by atoms with Crippen LogP contribution in [0.3, 0.4) is 0 Å². The second-order valence-corrected chi connectivity index (χ2v) is 14.0. The Bertz CT molecular complexity index is 1620. The average Bonchev–Trinajstić information content (AvgIpc) is 3.14. The zero-order valence-corrected chi connectivity index (χ0v) is 29.2. The van der Waals surface area contributed by atoms with Gasteiger partial charge < -0.3 is 14.8 Å². The van der Waals surface area contributed by atoms with Crippen LogP contribution in [-0.4, -0.2) is 50.2 Å². The number of ether oxygens (including phenoxy) is 2. The van der Waals surface area contributed by atoms with Crippen molar-refractivity contribution in [3.8, 4) is 11.5 Å². The minimum atomic E-state index is -0.288. The third-order valence-electron chi connectivity index (χ3n) is 11.1. The molecule has 4 aromatic carbocycles. The van der Waals surface area contributed by atoms with E-state index in [1.54, 1.807) is 26.4 Å². The number of carbonyl (C=O) groups is 1. The maximum atomic E-state index is 13.3. The van der Waals surface area contributed by atoms with Crippen LogP contribution in [0.15, 0.2) is 97.1 Å². The van der Waals surface area contributed by atoms with Crippen molar-refractivity contribution in [1.29, 1.82) is 0 Å². The summed E-state index contributed by atoms with van der Waals surface area (Å²) in [4.78, 5) is 15.6. The van der Waals surface area contributed by atoms with Crippen molar-refractivity contribution in [2.75, 3.05) is 33.9 Å². The number of nitrogens with one attached hydrogen (secondary N) is 1. The standard InChI is InChI=1S/C43H51FN2O3/c1-48-39-30-34-21-25-42(32-35(34)31-40(39)49-2)22-9-10-27-46(42)28-12-24-43(36-13-5-3-6-14-36,37-15-7-4-8-16-37)23-11-26-45-41(47)29-33-17-19-38(44)20-18-33/h3-8,13-20,30-31H,9-12,21-29,32H2,1-2H3,(H,45,47). The van der Waals surface area contributed by atoms with Crippen LogP contribution in [-0.2, 0) is 29.5 Å². The van der Waals surface area contributed by atoms with E-state index in [1.165, 1.54) is 60.1 Å². The van der Waals surface area contributed by atoms with Crippen molar-refractivity contribution in [2.45, 2.75) is 81.6 Å². The number of fused-ring (bicyclic) bond motifs is 1. The molecule has 1 saturated heterocycles. The summed E-state index contributed by atoms with van der Waals surface area (Å²) in [6, 6.07) is 32.5. The monoisotopic (exact) mass is 662 g/mol. The molecular formula is C43H51FN2O3. The van der Waals surface area contributed by atoms with Gasteiger partial charge in [-0.3, -0.25) is 9.69 Å². The van der Waals surface area contributed by atoms with E-state index in [1.807, 2.05) is 0 Å². The maximum Gasteiger partial charge on any atom is 0.224 e. The Morgan fingerprint density at radius 3 is 2.10 bits per heavy atom. The number of aryl methyl sites for hydroxylation is 1. The number of nitrogens with zero attached hydrogens (tertiary/aromatic N) is 1. The Hall–Kier alpha value is -4.16. The fourth-order valence-electron chi connectivity index (χ4n) is 8.58. The number of hydrogen-bond acceptors (Lipinski definition) is 4. The molecule has 1 N–H and O–H groups in total. The first-order chi connectivity index (χ1) is 23.9. The quantitative estimate of drug-likeness (QED) is 0.138. The predicted molar refractivity (Wildman–Crippen MR) is 195 cm³/mol. The molecule has 1 atom stereocenters. The Balaban J connectivity index is 1.18. The first-order valence-corrected chi connectivity index (χ1v) is 18.1. The molecule has 1 unspecified atom stereocenters. The molecule has 4 aromatic rings. The molecule has 49 heavy (non-hydrogen) atoms. The van der Waals surface area contributed by atoms with E-state index in [2.05, 4.69) is 83.0 Å². The van der Waals surface area contributed by atoms with Gasteiger partial charge >= 0.3 is 0 Å². The number of benzene rings is 4. The Morgan fingerprint density at radius 2 is 1.45 bits per heavy atom. The zero-order chi connectivity index (χ0) is 34.1. The predicted octanol–water partition coefficient (Wildman–Crippen LogP) is 8.46. The van der Waals surface area contributed by atoms with Gasteiger partial charge in [-0.1, -0.05) is 79.2 Å². The highest BCUT2D eigenvalue weighted by Crippen LogP contribution is 2.45. The van der Waals surface area contributed by atoms with E-state index in [0.29, 0.717) is 6.54 Å². The summed E-state index contributed by atoms with van der Waals surface area (Å²) in [5.41, 5.74) is 6.29. The number of likely N-dealkylation sites (tertiary alicyclic amines) is 1. The van der Waals surface area contributed by atoms with Gasteiger partial charge in [-0.05, 0) is 123 Å². The molecule has 1 amide bonds. The van der Waals surface area contributed by atoms with Gasteiger partial charge in [0.25, 0.3) is 0 Å². The molecule has 258 valence electrons. The second-order valence-electron chi connectivity index (χ2n) is 14.0. The van der Waals surface area contributed by atoms with Gasteiger partial charge in [0.2, 0.25) is 5.91 Å². The molecule has 0 saturated carbocycles. The van der Waals surface area contributed by atoms with E-state index < -0.39 is 0 Å². The molecular weight excluding hydrogens is 611 g/mol. The fourth-order valence-corrected chi connectivity index (χ4v) is 8.58. The van der Waals surface area contributed by atoms with Crippen molar-refractivity contribution >= 4 is 5.91 Å². The second kappa shape index (κ2) is 16.0. The number of carbonyl (C=O) groups excluding carboxylic acids is 1. The van der Waals surface area contributed by atoms with Gasteiger partial charge in [0.1, 0.15) is 5.82 Å². The van der Waals surface area contributed by atoms with Gasteiger partial charge in [-0.25, -0.2) is 4.39 Å². The number of hydrogen-bond donors (Lipinski definition) is 1. The van der Waals surface area contributed by atoms with Crippen LogP contribution in [0.25, 0.3) is 0 Å². The zero-order valence-electron chi connectivity index (χ0n) is 29.2. The Kier molecular flexibility index (Phi) is 11.4. The summed E-state index contributed by atoms with van der Waals surface area (Å²) in [6.45, 7) is 2.81. The van der Waals surface area contributed by atoms with Crippen molar-refractivity contribution in [1.82, 2.24) is 10.2 Å². The van der Waals surface area contributed by atoms with Gasteiger partial charge in [-0.15, -0.1) is 0 Å². The first kappa shape index (κ1) is 34.7. The lowest BCUT2D eigenvalue weighted by Crippen LogP contribution is -2.55. The highest BCUT2D eigenvalue weighted by atomic mass is 19.1. The lowest BCUT2D eigenvalue weighted by atomic mass is 9.68. The largest absolute Gasteiger partial charge is 0.493 e. The van der Waals surface area contributed by atoms with Crippen molar-refractivity contribution in [2.24, 2.45) is 0 Å². The maximum absolute atomic E-state index is 13.3. The van der Waals surface area contributed by atoms with E-state index in [-0.39, 0.29) is 29.1 Å². The molecule has 1 spiro atoms. The minimum absolute atomic E-state index is 0.0304. The summed E-state index contributed by atoms with van der Waals surface area (Å²) >= 11 is 0. The number of halogens is 1. The van der Waals surface area contributed by atoms with Crippen LogP contribution in [0.2, 0.25) is 0 Å². The molecule has 0 aromatic heterocycles. The van der Waals surface area contributed by atoms with E-state index in [4.69, 9.17) is 9.47 Å². The Morgan fingerprint density at radius 1 is 0.816 bits per heavy atom. The summed E-state index contributed by atoms with van der Waals surface area (Å²) in [5, 5.41) is 3.13. The van der Waals surface area contributed by atoms with E-state index in [9.17, 15) is 9.18 Å². The van der Waals surface area contributed by atoms with Crippen molar-refractivity contribution in [3.05, 3.63) is 131 Å². The number of methoxy groups -OCH3 is 2. The normalized spacial score (nSPS) is 17.8. The van der Waals surface area contributed by atoms with E-state index in [0.717, 1.165) is 68.7 Å². The SMILES string of the molecule is COc1cc2c(cc1OC)CC1(CCCCN1CCCC(CCCNC(=O)Cc1ccc(F)cc1)(c1ccccc1)c1ccccc1)CC2. The van der Waals surface area contributed by atoms with Gasteiger partial charge in [0.05, 0.1) is 20.6 Å². The average molecular weight is 663 g/mol. The molecule has 0 bridgehead atoms. The summed E-state index contributed by atoms with van der Waals surface area (Å²) < 4.78 is 24.7. The molecule has 6 rings (SSSR count). The fraction of sp³-hybridized carbons (Fsp3) is 0.419. The summed E-state index contributed by atoms with van der Waals surface area (Å²) in [5.74, 6) is 1.33. The van der Waals surface area contributed by atoms with Crippen LogP contribution in [0.4, 0.5) is 4.39 Å². The molecule has 1 heterocycles. The third kappa shape index (κ3) is 8.02. The number of piperidine rings is 1. The molecule has 6 heteroatoms. The Labute approximate surface area is 291 Å². The van der Waals surface area contributed by atoms with Crippen LogP contribution in [0.5, 0.6) is 11.5 Å². The van der Waals surface area contributed by atoms with Crippen LogP contribution in [0, 0.1) is 5.82 Å². The molecule has 1 fully saturated rings. The van der Waals surface area contributed by atoms with Crippen LogP contribution in [0.1, 0.15) is 79.2 Å². The number of rotatable bonds is 14. The first-order valence-electron chi connectivity index (χ1n) is 18.1. The lowest BCUT2D eigenvalue weighted by Gasteiger charge is -2.50. The smallest absolute Gasteiger partial charge is 0.224 e. The van der Waals surface area contributed by atoms with Gasteiger partial charge in [0.15, 0.2) is 11.5 Å². The summed E-state index contributed by atoms with van der Waals surface area (Å²) in [6.07, 6.45) is 11.2. The van der Waals surface area contributed by atoms with Crippen molar-refractivity contribution in [3.63, 3.8) is 0 Å². The van der Waals surface area contributed by atoms with Gasteiger partial charge in [0, 0.05) is 17.5 Å². The van der Waals surface area contributed by atoms with Crippen LogP contribution >= 0.6 is 0 Å². The molecule has 1 aliphatic carbocycles. The van der Waals surface area contributed by atoms with Crippen LogP contribution < -0.4 is 14.8 Å². The number of amides is 1. The minimum Gasteiger partial charge on any atom is -0.493 e. The summed E-state index contributed by atoms with van der Waals surface area (Å²) in [7, 11) is 3.44. The van der Waals surface area contributed by atoms with Gasteiger partial charge in [-0.2, -0.15) is 0 Å². The molecule has 5 nitrogen and oxygen atoms in total. The van der Waals surface area contributed by atoms with E-state index >= 15 is 0 Å².